The summed E-state index contributed by atoms with van der Waals surface area (Å²) in [5, 5.41) is 14.9. The molecule has 0 saturated carbocycles. The van der Waals surface area contributed by atoms with Crippen LogP contribution in [-0.2, 0) is 21.1 Å². The highest BCUT2D eigenvalue weighted by Gasteiger charge is 2.22. The molecule has 10 nitrogen and oxygen atoms in total. The van der Waals surface area contributed by atoms with E-state index >= 15 is 0 Å². The molecule has 1 N–H and O–H groups in total. The van der Waals surface area contributed by atoms with Gasteiger partial charge in [-0.1, -0.05) is 6.07 Å². The largest absolute Gasteiger partial charge is 0.497 e. The first-order chi connectivity index (χ1) is 16.7. The number of carbonyl (C=O) groups excluding carboxylic acids is 1. The van der Waals surface area contributed by atoms with Crippen molar-refractivity contribution in [2.45, 2.75) is 11.3 Å². The molecule has 0 fully saturated rings. The van der Waals surface area contributed by atoms with Gasteiger partial charge < -0.3 is 14.5 Å². The summed E-state index contributed by atoms with van der Waals surface area (Å²) < 4.78 is 31.3. The minimum Gasteiger partial charge on any atom is -0.497 e. The summed E-state index contributed by atoms with van der Waals surface area (Å²) in [6.07, 6.45) is 3.16. The van der Waals surface area contributed by atoms with Gasteiger partial charge in [-0.2, -0.15) is 0 Å². The summed E-state index contributed by atoms with van der Waals surface area (Å²) in [5.41, 5.74) is 3.06. The third-order valence-electron chi connectivity index (χ3n) is 5.64. The second-order valence-corrected chi connectivity index (χ2v) is 9.63. The van der Waals surface area contributed by atoms with Gasteiger partial charge in [0.25, 0.3) is 5.69 Å². The van der Waals surface area contributed by atoms with E-state index in [9.17, 15) is 23.3 Å². The molecule has 0 atom stereocenters. The number of benzene rings is 2. The second kappa shape index (κ2) is 8.37. The van der Waals surface area contributed by atoms with Crippen LogP contribution in [0.1, 0.15) is 11.3 Å². The number of methoxy groups -OCH3 is 1. The summed E-state index contributed by atoms with van der Waals surface area (Å²) >= 11 is 0. The van der Waals surface area contributed by atoms with Gasteiger partial charge in [-0.3, -0.25) is 14.9 Å². The number of anilines is 1. The Kier molecular flexibility index (Phi) is 5.33. The molecule has 3 heterocycles. The molecule has 5 rings (SSSR count). The lowest BCUT2D eigenvalue weighted by molar-refractivity contribution is -0.384. The lowest BCUT2D eigenvalue weighted by Gasteiger charge is -2.09. The first kappa shape index (κ1) is 22.3. The van der Waals surface area contributed by atoms with E-state index in [4.69, 9.17) is 4.74 Å². The van der Waals surface area contributed by atoms with Gasteiger partial charge in [0, 0.05) is 41.1 Å². The number of nitrogens with zero attached hydrogens (tertiary/aromatic N) is 3. The average molecular weight is 490 g/mol. The molecule has 0 bridgehead atoms. The maximum Gasteiger partial charge on any atom is 0.269 e. The first-order valence-corrected chi connectivity index (χ1v) is 12.0. The van der Waals surface area contributed by atoms with E-state index in [1.807, 2.05) is 0 Å². The number of hydrogen-bond acceptors (Lipinski definition) is 7. The Morgan fingerprint density at radius 3 is 2.63 bits per heavy atom. The molecule has 2 aromatic heterocycles. The van der Waals surface area contributed by atoms with Crippen molar-refractivity contribution in [2.75, 3.05) is 12.4 Å². The van der Waals surface area contributed by atoms with Crippen LogP contribution < -0.4 is 10.1 Å². The Hall–Kier alpha value is -4.51. The number of sulfone groups is 1. The predicted molar refractivity (Wildman–Crippen MR) is 129 cm³/mol. The van der Waals surface area contributed by atoms with Crippen molar-refractivity contribution in [2.24, 2.45) is 0 Å². The van der Waals surface area contributed by atoms with Gasteiger partial charge in [0.15, 0.2) is 0 Å². The van der Waals surface area contributed by atoms with Crippen molar-refractivity contribution in [1.29, 1.82) is 0 Å². The van der Waals surface area contributed by atoms with E-state index in [1.54, 1.807) is 47.0 Å². The van der Waals surface area contributed by atoms with Gasteiger partial charge >= 0.3 is 0 Å². The van der Waals surface area contributed by atoms with Crippen LogP contribution >= 0.6 is 0 Å². The Balaban J connectivity index is 1.50. The van der Waals surface area contributed by atoms with Crippen molar-refractivity contribution < 1.29 is 22.9 Å². The third kappa shape index (κ3) is 4.13. The number of nitrogens with one attached hydrogen (secondary N) is 1. The minimum absolute atomic E-state index is 0.0560. The van der Waals surface area contributed by atoms with E-state index < -0.39 is 14.8 Å². The molecule has 4 aromatic rings. The molecule has 35 heavy (non-hydrogen) atoms. The van der Waals surface area contributed by atoms with Gasteiger partial charge in [-0.15, -0.1) is 0 Å². The number of nitro benzene ring substituents is 1. The van der Waals surface area contributed by atoms with Crippen LogP contribution in [0.5, 0.6) is 5.75 Å². The maximum absolute atomic E-state index is 13.0. The fraction of sp³-hybridized carbons (Fsp3) is 0.0833. The fourth-order valence-electron chi connectivity index (χ4n) is 3.93. The summed E-state index contributed by atoms with van der Waals surface area (Å²) in [5.74, 6) is 0.204. The normalized spacial score (nSPS) is 13.5. The molecule has 0 saturated heterocycles. The molecule has 0 unspecified atom stereocenters. The Morgan fingerprint density at radius 1 is 1.14 bits per heavy atom. The molecule has 176 valence electrons. The Morgan fingerprint density at radius 2 is 1.91 bits per heavy atom. The number of nitro groups is 1. The molecule has 0 aliphatic carbocycles. The molecule has 11 heteroatoms. The van der Waals surface area contributed by atoms with Crippen LogP contribution in [0, 0.1) is 10.1 Å². The monoisotopic (exact) mass is 490 g/mol. The zero-order valence-electron chi connectivity index (χ0n) is 18.3. The molecular formula is C24H18N4O6S. The summed E-state index contributed by atoms with van der Waals surface area (Å²) in [6.45, 7) is 0. The number of pyridine rings is 1. The summed E-state index contributed by atoms with van der Waals surface area (Å²) in [4.78, 5) is 28.3. The standard InChI is InChI=1S/C24H18N4O6S/c1-34-19-8-10-27-20(24(26-22(27)13-19)16-3-6-18(7-4-16)28(30)31)14-23(29)25-17-5-2-15-9-11-35(32,33)21(15)12-17/h2-13H,14H2,1H3,(H,25,29). The molecule has 1 amide bonds. The lowest BCUT2D eigenvalue weighted by atomic mass is 10.1. The summed E-state index contributed by atoms with van der Waals surface area (Å²) in [7, 11) is -1.97. The quantitative estimate of drug-likeness (QED) is 0.320. The Bertz CT molecular complexity index is 1640. The third-order valence-corrected chi connectivity index (χ3v) is 7.10. The van der Waals surface area contributed by atoms with Crippen LogP contribution in [0.25, 0.3) is 23.0 Å². The SMILES string of the molecule is COc1ccn2c(CC(=O)Nc3ccc4c(c3)S(=O)(=O)C=C4)c(-c3ccc([N+](=O)[O-])cc3)nc2c1. The molecule has 0 radical (unpaired) electrons. The van der Waals surface area contributed by atoms with E-state index in [2.05, 4.69) is 10.3 Å². The van der Waals surface area contributed by atoms with Gasteiger partial charge in [0.05, 0.1) is 34.7 Å². The zero-order chi connectivity index (χ0) is 24.7. The van der Waals surface area contributed by atoms with Crippen LogP contribution in [0.3, 0.4) is 0 Å². The molecule has 1 aliphatic heterocycles. The second-order valence-electron chi connectivity index (χ2n) is 7.83. The van der Waals surface area contributed by atoms with E-state index in [-0.39, 0.29) is 22.9 Å². The highest BCUT2D eigenvalue weighted by Crippen LogP contribution is 2.31. The van der Waals surface area contributed by atoms with Crippen molar-refractivity contribution in [3.05, 3.63) is 87.6 Å². The van der Waals surface area contributed by atoms with E-state index in [1.165, 1.54) is 31.4 Å². The number of imidazole rings is 1. The highest BCUT2D eigenvalue weighted by atomic mass is 32.2. The lowest BCUT2D eigenvalue weighted by Crippen LogP contribution is -2.16. The number of ether oxygens (including phenoxy) is 1. The van der Waals surface area contributed by atoms with Crippen molar-refractivity contribution >= 4 is 38.8 Å². The number of aromatic nitrogens is 2. The van der Waals surface area contributed by atoms with Crippen LogP contribution in [0.4, 0.5) is 11.4 Å². The van der Waals surface area contributed by atoms with Crippen LogP contribution in [0.15, 0.2) is 71.1 Å². The van der Waals surface area contributed by atoms with Gasteiger partial charge in [0.2, 0.25) is 15.7 Å². The summed E-state index contributed by atoms with van der Waals surface area (Å²) in [6, 6.07) is 14.1. The molecular weight excluding hydrogens is 472 g/mol. The minimum atomic E-state index is -3.51. The van der Waals surface area contributed by atoms with E-state index in [0.29, 0.717) is 39.6 Å². The van der Waals surface area contributed by atoms with E-state index in [0.717, 1.165) is 5.41 Å². The fourth-order valence-corrected chi connectivity index (χ4v) is 5.16. The maximum atomic E-state index is 13.0. The Labute approximate surface area is 199 Å². The van der Waals surface area contributed by atoms with Crippen molar-refractivity contribution in [3.8, 4) is 17.0 Å². The number of non-ortho nitro benzene ring substituents is 1. The number of hydrogen-bond donors (Lipinski definition) is 1. The average Bonchev–Trinajstić information content (AvgIpc) is 3.35. The van der Waals surface area contributed by atoms with Crippen molar-refractivity contribution in [3.63, 3.8) is 0 Å². The topological polar surface area (TPSA) is 133 Å². The molecule has 1 aliphatic rings. The first-order valence-electron chi connectivity index (χ1n) is 10.4. The number of rotatable bonds is 6. The van der Waals surface area contributed by atoms with Crippen LogP contribution in [-0.4, -0.2) is 35.7 Å². The molecule has 0 spiro atoms. The predicted octanol–water partition coefficient (Wildman–Crippen LogP) is 3.86. The highest BCUT2D eigenvalue weighted by molar-refractivity contribution is 7.94. The van der Waals surface area contributed by atoms with Gasteiger partial charge in [-0.05, 0) is 42.0 Å². The zero-order valence-corrected chi connectivity index (χ0v) is 19.2. The van der Waals surface area contributed by atoms with Gasteiger partial charge in [0.1, 0.15) is 11.4 Å². The number of fused-ring (bicyclic) bond motifs is 2. The van der Waals surface area contributed by atoms with Crippen molar-refractivity contribution in [1.82, 2.24) is 9.38 Å². The number of carbonyl (C=O) groups is 1. The smallest absolute Gasteiger partial charge is 0.269 e. The van der Waals surface area contributed by atoms with Gasteiger partial charge in [-0.25, -0.2) is 13.4 Å². The molecule has 2 aromatic carbocycles. The van der Waals surface area contributed by atoms with Crippen LogP contribution in [0.2, 0.25) is 0 Å². The number of amides is 1.